The second kappa shape index (κ2) is 11.9. The van der Waals surface area contributed by atoms with Crippen molar-refractivity contribution in [1.29, 1.82) is 0 Å². The zero-order valence-corrected chi connectivity index (χ0v) is 22.6. The number of aryl methyl sites for hydroxylation is 2. The van der Waals surface area contributed by atoms with E-state index >= 15 is 0 Å². The number of rotatable bonds is 8. The number of fused-ring (bicyclic) bond motifs is 3. The van der Waals surface area contributed by atoms with Crippen LogP contribution in [-0.4, -0.2) is 38.8 Å². The van der Waals surface area contributed by atoms with E-state index in [2.05, 4.69) is 14.8 Å². The lowest BCUT2D eigenvalue weighted by molar-refractivity contribution is -0.139. The molecule has 10 heteroatoms. The van der Waals surface area contributed by atoms with Crippen LogP contribution >= 0.6 is 23.4 Å². The summed E-state index contributed by atoms with van der Waals surface area (Å²) in [4.78, 5) is 24.6. The summed E-state index contributed by atoms with van der Waals surface area (Å²) in [5.74, 6) is -0.309. The molecule has 0 bridgehead atoms. The number of benzene rings is 2. The molecule has 4 aromatic rings. The number of thioether (sulfide) groups is 1. The molecule has 0 saturated carbocycles. The molecule has 0 amide bonds. The molecule has 0 spiro atoms. The Morgan fingerprint density at radius 3 is 2.87 bits per heavy atom. The fourth-order valence-corrected chi connectivity index (χ4v) is 5.99. The number of aromatic nitrogens is 2. The summed E-state index contributed by atoms with van der Waals surface area (Å²) in [5, 5.41) is 0.512. The zero-order chi connectivity index (χ0) is 27.4. The van der Waals surface area contributed by atoms with Crippen LogP contribution in [0.4, 0.5) is 4.39 Å². The van der Waals surface area contributed by atoms with Crippen molar-refractivity contribution in [1.82, 2.24) is 9.97 Å². The van der Waals surface area contributed by atoms with Crippen molar-refractivity contribution in [3.05, 3.63) is 105 Å². The fourth-order valence-electron chi connectivity index (χ4n) is 4.54. The molecule has 0 unspecified atom stereocenters. The van der Waals surface area contributed by atoms with Gasteiger partial charge in [0.1, 0.15) is 23.9 Å². The Kier molecular flexibility index (Phi) is 8.21. The fraction of sp³-hybridized carbons (Fsp3) is 0.241. The Morgan fingerprint density at radius 1 is 1.18 bits per heavy atom. The molecular formula is C29H24ClFN4O3S. The molecule has 2 aromatic heterocycles. The van der Waals surface area contributed by atoms with Crippen molar-refractivity contribution < 1.29 is 23.4 Å². The average Bonchev–Trinajstić information content (AvgIpc) is 3.09. The lowest BCUT2D eigenvalue weighted by atomic mass is 10.0. The summed E-state index contributed by atoms with van der Waals surface area (Å²) in [6.07, 6.45) is 3.37. The van der Waals surface area contributed by atoms with Crippen LogP contribution in [0.2, 0.25) is 5.02 Å². The van der Waals surface area contributed by atoms with Gasteiger partial charge in [-0.3, -0.25) is 4.98 Å². The SMILES string of the molecule is CCOC(=O)C(CS[C@H]1c2cc(OCc3ccc4cc(F)c(Cl)cc4n3)ccc2CCc2ncccc21)=[N+]=[N-]. The Labute approximate surface area is 234 Å². The molecule has 0 N–H and O–H groups in total. The first kappa shape index (κ1) is 26.8. The van der Waals surface area contributed by atoms with Crippen LogP contribution in [0.1, 0.15) is 40.3 Å². The Bertz CT molecular complexity index is 1610. The standard InChI is InChI=1S/C29H24ClFN4O3S/c1-2-37-29(36)27(35-32)16-39-28-21-4-3-11-33-25(21)10-7-17-6-9-20(13-22(17)28)38-15-19-8-5-18-12-24(31)23(30)14-26(18)34-19/h3-6,8-9,11-14,28H,2,7,10,15-16H2,1H3/t28-/m1/s1. The maximum atomic E-state index is 13.8. The average molecular weight is 563 g/mol. The minimum Gasteiger partial charge on any atom is -0.487 e. The van der Waals surface area contributed by atoms with Crippen LogP contribution in [0.25, 0.3) is 16.4 Å². The van der Waals surface area contributed by atoms with Gasteiger partial charge in [0.15, 0.2) is 0 Å². The number of pyridine rings is 2. The molecule has 2 aromatic carbocycles. The van der Waals surface area contributed by atoms with E-state index in [-0.39, 0.29) is 35.0 Å². The summed E-state index contributed by atoms with van der Waals surface area (Å²) in [6, 6.07) is 16.4. The highest BCUT2D eigenvalue weighted by molar-refractivity contribution is 8.00. The van der Waals surface area contributed by atoms with Gasteiger partial charge in [0.2, 0.25) is 0 Å². The van der Waals surface area contributed by atoms with Crippen molar-refractivity contribution in [3.63, 3.8) is 0 Å². The van der Waals surface area contributed by atoms with Gasteiger partial charge in [0.25, 0.3) is 0 Å². The van der Waals surface area contributed by atoms with E-state index in [0.29, 0.717) is 22.3 Å². The van der Waals surface area contributed by atoms with Gasteiger partial charge in [-0.05, 0) is 72.9 Å². The Morgan fingerprint density at radius 2 is 2.05 bits per heavy atom. The molecule has 1 atom stereocenters. The summed E-state index contributed by atoms with van der Waals surface area (Å²) >= 11 is 7.40. The summed E-state index contributed by atoms with van der Waals surface area (Å²) in [6.45, 7) is 2.11. The molecule has 0 fully saturated rings. The van der Waals surface area contributed by atoms with E-state index < -0.39 is 11.8 Å². The molecule has 1 aliphatic rings. The molecule has 198 valence electrons. The summed E-state index contributed by atoms with van der Waals surface area (Å²) in [7, 11) is 0. The molecule has 39 heavy (non-hydrogen) atoms. The molecule has 7 nitrogen and oxygen atoms in total. The van der Waals surface area contributed by atoms with Crippen LogP contribution < -0.4 is 4.74 Å². The van der Waals surface area contributed by atoms with E-state index in [9.17, 15) is 14.7 Å². The quantitative estimate of drug-likeness (QED) is 0.110. The molecule has 1 aliphatic carbocycles. The van der Waals surface area contributed by atoms with Crippen molar-refractivity contribution in [3.8, 4) is 5.75 Å². The molecular weight excluding hydrogens is 539 g/mol. The van der Waals surface area contributed by atoms with Gasteiger partial charge in [0.05, 0.1) is 28.1 Å². The van der Waals surface area contributed by atoms with Gasteiger partial charge in [-0.2, -0.15) is 4.79 Å². The van der Waals surface area contributed by atoms with Crippen LogP contribution in [-0.2, 0) is 29.0 Å². The number of carbonyl (C=O) groups is 1. The van der Waals surface area contributed by atoms with E-state index in [4.69, 9.17) is 21.1 Å². The second-order valence-electron chi connectivity index (χ2n) is 8.91. The molecule has 0 radical (unpaired) electrons. The highest BCUT2D eigenvalue weighted by Crippen LogP contribution is 2.42. The maximum Gasteiger partial charge on any atom is 0.417 e. The van der Waals surface area contributed by atoms with Gasteiger partial charge < -0.3 is 15.0 Å². The zero-order valence-electron chi connectivity index (χ0n) is 21.1. The number of ether oxygens (including phenoxy) is 2. The smallest absolute Gasteiger partial charge is 0.417 e. The van der Waals surface area contributed by atoms with Crippen LogP contribution in [0, 0.1) is 5.82 Å². The minimum atomic E-state index is -0.642. The minimum absolute atomic E-state index is 0.0227. The van der Waals surface area contributed by atoms with Gasteiger partial charge in [-0.15, -0.1) is 11.8 Å². The van der Waals surface area contributed by atoms with Gasteiger partial charge in [0, 0.05) is 17.3 Å². The third kappa shape index (κ3) is 5.96. The molecule has 2 heterocycles. The van der Waals surface area contributed by atoms with Crippen LogP contribution in [0.5, 0.6) is 5.75 Å². The number of nitrogens with zero attached hydrogens (tertiary/aromatic N) is 4. The third-order valence-corrected chi connectivity index (χ3v) is 8.00. The Balaban J connectivity index is 1.41. The largest absolute Gasteiger partial charge is 0.487 e. The van der Waals surface area contributed by atoms with Gasteiger partial charge in [-0.1, -0.05) is 29.8 Å². The van der Waals surface area contributed by atoms with Crippen molar-refractivity contribution >= 4 is 45.9 Å². The number of halogens is 2. The first-order valence-electron chi connectivity index (χ1n) is 12.4. The van der Waals surface area contributed by atoms with E-state index in [0.717, 1.165) is 35.2 Å². The third-order valence-electron chi connectivity index (χ3n) is 6.43. The highest BCUT2D eigenvalue weighted by atomic mass is 35.5. The molecule has 0 aliphatic heterocycles. The van der Waals surface area contributed by atoms with Crippen molar-refractivity contribution in [2.75, 3.05) is 12.4 Å². The number of hydrogen-bond donors (Lipinski definition) is 0. The maximum absolute atomic E-state index is 13.8. The summed E-state index contributed by atoms with van der Waals surface area (Å²) < 4.78 is 24.9. The number of hydrogen-bond acceptors (Lipinski definition) is 6. The molecule has 5 rings (SSSR count). The monoisotopic (exact) mass is 562 g/mol. The number of carbonyl (C=O) groups excluding carboxylic acids is 1. The topological polar surface area (TPSA) is 97.7 Å². The molecule has 0 saturated heterocycles. The van der Waals surface area contributed by atoms with E-state index in [1.165, 1.54) is 23.9 Å². The number of esters is 1. The van der Waals surface area contributed by atoms with Crippen molar-refractivity contribution in [2.45, 2.75) is 31.6 Å². The first-order chi connectivity index (χ1) is 19.0. The van der Waals surface area contributed by atoms with Gasteiger partial charge in [-0.25, -0.2) is 14.2 Å². The second-order valence-corrected chi connectivity index (χ2v) is 10.4. The normalized spacial score (nSPS) is 14.1. The van der Waals surface area contributed by atoms with E-state index in [1.807, 2.05) is 30.3 Å². The predicted molar refractivity (Wildman–Crippen MR) is 149 cm³/mol. The van der Waals surface area contributed by atoms with Gasteiger partial charge >= 0.3 is 11.7 Å². The summed E-state index contributed by atoms with van der Waals surface area (Å²) in [5.41, 5.74) is 14.9. The first-order valence-corrected chi connectivity index (χ1v) is 13.8. The lowest BCUT2D eigenvalue weighted by Gasteiger charge is -2.20. The van der Waals surface area contributed by atoms with Crippen LogP contribution in [0.3, 0.4) is 0 Å². The highest BCUT2D eigenvalue weighted by Gasteiger charge is 2.29. The van der Waals surface area contributed by atoms with E-state index in [1.54, 1.807) is 25.3 Å². The predicted octanol–water partition coefficient (Wildman–Crippen LogP) is 6.16. The van der Waals surface area contributed by atoms with Crippen molar-refractivity contribution in [2.24, 2.45) is 0 Å². The van der Waals surface area contributed by atoms with Crippen LogP contribution in [0.15, 0.2) is 60.8 Å². The Hall–Kier alpha value is -3.78. The lowest BCUT2D eigenvalue weighted by Crippen LogP contribution is -2.21.